The van der Waals surface area contributed by atoms with E-state index in [4.69, 9.17) is 17.3 Å². The van der Waals surface area contributed by atoms with Crippen molar-refractivity contribution in [2.45, 2.75) is 27.3 Å². The van der Waals surface area contributed by atoms with Gasteiger partial charge in [-0.25, -0.2) is 0 Å². The molecule has 7 nitrogen and oxygen atoms in total. The van der Waals surface area contributed by atoms with Crippen molar-refractivity contribution in [3.8, 4) is 0 Å². The molecule has 1 aromatic heterocycles. The fourth-order valence-corrected chi connectivity index (χ4v) is 3.88. The molecule has 0 radical (unpaired) electrons. The lowest BCUT2D eigenvalue weighted by atomic mass is 9.92. The van der Waals surface area contributed by atoms with Crippen LogP contribution in [0, 0.1) is 12.3 Å². The van der Waals surface area contributed by atoms with Gasteiger partial charge in [-0.15, -0.1) is 5.10 Å². The molecule has 3 aromatic rings. The zero-order valence-electron chi connectivity index (χ0n) is 18.3. The summed E-state index contributed by atoms with van der Waals surface area (Å²) < 4.78 is 3.80. The topological polar surface area (TPSA) is 101 Å². The van der Waals surface area contributed by atoms with Crippen LogP contribution in [0.15, 0.2) is 48.5 Å². The van der Waals surface area contributed by atoms with E-state index in [0.29, 0.717) is 39.9 Å². The molecule has 9 heteroatoms. The number of carbonyl (C=O) groups is 2. The highest BCUT2D eigenvalue weighted by Gasteiger charge is 2.25. The highest BCUT2D eigenvalue weighted by atomic mass is 35.5. The van der Waals surface area contributed by atoms with E-state index >= 15 is 0 Å². The molecule has 0 aliphatic rings. The van der Waals surface area contributed by atoms with E-state index in [1.54, 1.807) is 42.2 Å². The number of aromatic nitrogens is 2. The van der Waals surface area contributed by atoms with Crippen LogP contribution in [0.4, 0.5) is 5.69 Å². The molecule has 1 heterocycles. The molecule has 32 heavy (non-hydrogen) atoms. The summed E-state index contributed by atoms with van der Waals surface area (Å²) in [5.41, 5.74) is 8.12. The minimum absolute atomic E-state index is 0.107. The summed E-state index contributed by atoms with van der Waals surface area (Å²) in [5, 5.41) is 7.24. The highest BCUT2D eigenvalue weighted by molar-refractivity contribution is 7.08. The summed E-state index contributed by atoms with van der Waals surface area (Å²) in [6, 6.07) is 14.3. The van der Waals surface area contributed by atoms with Gasteiger partial charge in [-0.2, -0.15) is 0 Å². The Hall–Kier alpha value is -2.81. The molecule has 0 saturated heterocycles. The Morgan fingerprint density at radius 2 is 1.91 bits per heavy atom. The SMILES string of the molecule is Cc1nnsc1C(=O)Nc1ccc(Cl)c(CN(CC(C)(C)CN)C(=O)c2ccccc2)c1. The normalized spacial score (nSPS) is 11.3. The number of nitrogens with one attached hydrogen (secondary N) is 1. The minimum Gasteiger partial charge on any atom is -0.334 e. The first-order chi connectivity index (χ1) is 15.2. The van der Waals surface area contributed by atoms with Crippen LogP contribution in [0.1, 0.15) is 45.1 Å². The molecular formula is C23H26ClN5O2S. The van der Waals surface area contributed by atoms with Crippen LogP contribution >= 0.6 is 23.1 Å². The molecule has 2 aromatic carbocycles. The zero-order valence-corrected chi connectivity index (χ0v) is 19.8. The number of rotatable bonds is 8. The van der Waals surface area contributed by atoms with Crippen molar-refractivity contribution in [1.29, 1.82) is 0 Å². The predicted octanol–water partition coefficient (Wildman–Crippen LogP) is 4.38. The molecule has 0 aliphatic heterocycles. The van der Waals surface area contributed by atoms with Crippen LogP contribution in [0.5, 0.6) is 0 Å². The molecule has 0 unspecified atom stereocenters. The van der Waals surface area contributed by atoms with Gasteiger partial charge in [0, 0.05) is 29.4 Å². The van der Waals surface area contributed by atoms with Crippen molar-refractivity contribution in [2.75, 3.05) is 18.4 Å². The van der Waals surface area contributed by atoms with Crippen LogP contribution < -0.4 is 11.1 Å². The number of halogens is 1. The molecule has 0 bridgehead atoms. The van der Waals surface area contributed by atoms with E-state index in [0.717, 1.165) is 17.1 Å². The number of nitrogens with zero attached hydrogens (tertiary/aromatic N) is 3. The third-order valence-electron chi connectivity index (χ3n) is 5.00. The fraction of sp³-hybridized carbons (Fsp3) is 0.304. The largest absolute Gasteiger partial charge is 0.334 e. The van der Waals surface area contributed by atoms with Crippen LogP contribution in [-0.4, -0.2) is 39.4 Å². The molecule has 3 N–H and O–H groups in total. The lowest BCUT2D eigenvalue weighted by molar-refractivity contribution is 0.0673. The molecule has 2 amide bonds. The molecule has 0 atom stereocenters. The lowest BCUT2D eigenvalue weighted by Gasteiger charge is -2.32. The van der Waals surface area contributed by atoms with E-state index in [2.05, 4.69) is 14.9 Å². The van der Waals surface area contributed by atoms with Crippen LogP contribution in [0.3, 0.4) is 0 Å². The number of hydrogen-bond acceptors (Lipinski definition) is 6. The van der Waals surface area contributed by atoms with Gasteiger partial charge in [0.1, 0.15) is 4.88 Å². The second-order valence-electron chi connectivity index (χ2n) is 8.34. The second-order valence-corrected chi connectivity index (χ2v) is 9.50. The summed E-state index contributed by atoms with van der Waals surface area (Å²) in [6.45, 7) is 6.93. The number of benzene rings is 2. The first-order valence-corrected chi connectivity index (χ1v) is 11.3. The monoisotopic (exact) mass is 471 g/mol. The first kappa shape index (κ1) is 23.8. The Labute approximate surface area is 196 Å². The van der Waals surface area contributed by atoms with Gasteiger partial charge in [-0.1, -0.05) is 48.1 Å². The van der Waals surface area contributed by atoms with Crippen molar-refractivity contribution >= 4 is 40.6 Å². The predicted molar refractivity (Wildman–Crippen MR) is 128 cm³/mol. The third-order valence-corrected chi connectivity index (χ3v) is 6.20. The van der Waals surface area contributed by atoms with E-state index in [1.165, 1.54) is 0 Å². The maximum Gasteiger partial charge on any atom is 0.269 e. The second kappa shape index (κ2) is 10.2. The number of carbonyl (C=O) groups excluding carboxylic acids is 2. The average Bonchev–Trinajstić information content (AvgIpc) is 3.21. The summed E-state index contributed by atoms with van der Waals surface area (Å²) >= 11 is 7.51. The summed E-state index contributed by atoms with van der Waals surface area (Å²) in [4.78, 5) is 28.0. The molecular weight excluding hydrogens is 446 g/mol. The Bertz CT molecular complexity index is 1100. The highest BCUT2D eigenvalue weighted by Crippen LogP contribution is 2.26. The van der Waals surface area contributed by atoms with Crippen molar-refractivity contribution in [3.05, 3.63) is 75.3 Å². The Balaban J connectivity index is 1.86. The van der Waals surface area contributed by atoms with Gasteiger partial charge in [-0.05, 0) is 66.3 Å². The van der Waals surface area contributed by atoms with Gasteiger partial charge in [0.15, 0.2) is 0 Å². The lowest BCUT2D eigenvalue weighted by Crippen LogP contribution is -2.41. The van der Waals surface area contributed by atoms with Gasteiger partial charge in [0.2, 0.25) is 0 Å². The summed E-state index contributed by atoms with van der Waals surface area (Å²) in [5.74, 6) is -0.392. The number of anilines is 1. The van der Waals surface area contributed by atoms with Gasteiger partial charge < -0.3 is 16.0 Å². The molecule has 0 saturated carbocycles. The number of amides is 2. The Kier molecular flexibility index (Phi) is 7.60. The third kappa shape index (κ3) is 5.91. The standard InChI is InChI=1S/C23H26ClN5O2S/c1-15-20(32-28-27-15)21(30)26-18-9-10-19(24)17(11-18)12-29(14-23(2,3)13-25)22(31)16-7-5-4-6-8-16/h4-11H,12-14,25H2,1-3H3,(H,26,30). The van der Waals surface area contributed by atoms with E-state index < -0.39 is 0 Å². The smallest absolute Gasteiger partial charge is 0.269 e. The van der Waals surface area contributed by atoms with Gasteiger partial charge in [-0.3, -0.25) is 9.59 Å². The van der Waals surface area contributed by atoms with Gasteiger partial charge in [0.25, 0.3) is 11.8 Å². The van der Waals surface area contributed by atoms with Crippen LogP contribution in [0.2, 0.25) is 5.02 Å². The maximum atomic E-state index is 13.3. The molecule has 0 fully saturated rings. The Morgan fingerprint density at radius 3 is 2.53 bits per heavy atom. The molecule has 168 valence electrons. The summed E-state index contributed by atoms with van der Waals surface area (Å²) in [6.07, 6.45) is 0. The average molecular weight is 472 g/mol. The number of aryl methyl sites for hydroxylation is 1. The van der Waals surface area contributed by atoms with Crippen molar-refractivity contribution in [1.82, 2.24) is 14.5 Å². The Morgan fingerprint density at radius 1 is 1.19 bits per heavy atom. The van der Waals surface area contributed by atoms with Crippen LogP contribution in [-0.2, 0) is 6.54 Å². The van der Waals surface area contributed by atoms with Gasteiger partial charge >= 0.3 is 0 Å². The van der Waals surface area contributed by atoms with E-state index in [1.807, 2.05) is 32.0 Å². The van der Waals surface area contributed by atoms with Crippen molar-refractivity contribution in [3.63, 3.8) is 0 Å². The van der Waals surface area contributed by atoms with E-state index in [9.17, 15) is 9.59 Å². The first-order valence-electron chi connectivity index (χ1n) is 10.1. The molecule has 0 spiro atoms. The summed E-state index contributed by atoms with van der Waals surface area (Å²) in [7, 11) is 0. The zero-order chi connectivity index (χ0) is 23.3. The molecule has 3 rings (SSSR count). The maximum absolute atomic E-state index is 13.3. The van der Waals surface area contributed by atoms with Crippen molar-refractivity contribution < 1.29 is 9.59 Å². The van der Waals surface area contributed by atoms with Crippen molar-refractivity contribution in [2.24, 2.45) is 11.1 Å². The quantitative estimate of drug-likeness (QED) is 0.507. The molecule has 0 aliphatic carbocycles. The minimum atomic E-state index is -0.285. The van der Waals surface area contributed by atoms with Gasteiger partial charge in [0.05, 0.1) is 5.69 Å². The van der Waals surface area contributed by atoms with E-state index in [-0.39, 0.29) is 23.8 Å². The van der Waals surface area contributed by atoms with Crippen LogP contribution in [0.25, 0.3) is 0 Å². The number of hydrogen-bond donors (Lipinski definition) is 2. The number of nitrogens with two attached hydrogens (primary N) is 1. The fourth-order valence-electron chi connectivity index (χ4n) is 3.15.